The maximum atomic E-state index is 12.8. The third-order valence-corrected chi connectivity index (χ3v) is 11.7. The van der Waals surface area contributed by atoms with E-state index in [0.29, 0.717) is 25.9 Å². The van der Waals surface area contributed by atoms with Gasteiger partial charge in [-0.2, -0.15) is 0 Å². The highest BCUT2D eigenvalue weighted by molar-refractivity contribution is 7.47. The van der Waals surface area contributed by atoms with Crippen LogP contribution in [0.4, 0.5) is 0 Å². The van der Waals surface area contributed by atoms with Crippen molar-refractivity contribution in [2.75, 3.05) is 92.2 Å². The number of rotatable bonds is 49. The second kappa shape index (κ2) is 46.2. The van der Waals surface area contributed by atoms with Crippen LogP contribution < -0.4 is 5.32 Å². The molecule has 0 radical (unpaired) electrons. The summed E-state index contributed by atoms with van der Waals surface area (Å²) in [6.45, 7) is 14.1. The number of amides is 1. The Bertz CT molecular complexity index is 1630. The molecule has 0 aromatic heterocycles. The molecule has 0 bridgehead atoms. The zero-order valence-electron chi connectivity index (χ0n) is 47.7. The third kappa shape index (κ3) is 51.0. The molecule has 0 heterocycles. The van der Waals surface area contributed by atoms with Crippen LogP contribution >= 0.6 is 7.82 Å². The van der Waals surface area contributed by atoms with Gasteiger partial charge in [-0.3, -0.25) is 37.9 Å². The molecule has 442 valence electrons. The maximum absolute atomic E-state index is 12.8. The summed E-state index contributed by atoms with van der Waals surface area (Å²) in [6, 6.07) is 0. The number of carbonyl (C=O) groups is 6. The SMILES string of the molecule is C/C=C/C=C/C(=O)OCCCCCCCC(=O)OC(COC(=O)CCCCCCCCCCCCCCC)COP(=O)(O)OCCNC(=O)COCCOCCOCCN(CC(=O)OC(C)(C)C)CC(=O)OC(C)(C)C. The first-order valence-electron chi connectivity index (χ1n) is 27.7. The zero-order valence-corrected chi connectivity index (χ0v) is 48.6. The molecule has 0 rings (SSSR count). The zero-order chi connectivity index (χ0) is 56.8. The van der Waals surface area contributed by atoms with E-state index in [2.05, 4.69) is 12.2 Å². The van der Waals surface area contributed by atoms with Gasteiger partial charge in [0.2, 0.25) is 5.91 Å². The van der Waals surface area contributed by atoms with Crippen molar-refractivity contribution < 1.29 is 85.2 Å². The van der Waals surface area contributed by atoms with Crippen LogP contribution in [0.1, 0.15) is 184 Å². The fraction of sp³-hybridized carbons (Fsp3) is 0.818. The predicted octanol–water partition coefficient (Wildman–Crippen LogP) is 9.22. The van der Waals surface area contributed by atoms with Crippen LogP contribution in [-0.2, 0) is 80.3 Å². The van der Waals surface area contributed by atoms with Gasteiger partial charge in [-0.15, -0.1) is 0 Å². The molecule has 20 nitrogen and oxygen atoms in total. The minimum absolute atomic E-state index is 0.0633. The van der Waals surface area contributed by atoms with E-state index >= 15 is 0 Å². The Morgan fingerprint density at radius 2 is 1.07 bits per heavy atom. The number of phosphoric ester groups is 1. The molecule has 0 saturated carbocycles. The number of nitrogens with zero attached hydrogens (tertiary/aromatic N) is 1. The van der Waals surface area contributed by atoms with Crippen LogP contribution in [0.2, 0.25) is 0 Å². The molecule has 0 aliphatic heterocycles. The van der Waals surface area contributed by atoms with Crippen molar-refractivity contribution >= 4 is 43.6 Å². The van der Waals surface area contributed by atoms with Crippen molar-refractivity contribution in [1.29, 1.82) is 0 Å². The number of esters is 5. The lowest BCUT2D eigenvalue weighted by Gasteiger charge is -2.26. The van der Waals surface area contributed by atoms with Gasteiger partial charge in [-0.1, -0.05) is 121 Å². The number of phosphoric acid groups is 1. The number of nitrogens with one attached hydrogen (secondary N) is 1. The summed E-state index contributed by atoms with van der Waals surface area (Å²) in [5, 5.41) is 2.50. The average Bonchev–Trinajstić information content (AvgIpc) is 3.32. The lowest BCUT2D eigenvalue weighted by atomic mass is 10.0. The summed E-state index contributed by atoms with van der Waals surface area (Å²) in [5.74, 6) is -2.93. The summed E-state index contributed by atoms with van der Waals surface area (Å²) in [7, 11) is -4.69. The van der Waals surface area contributed by atoms with Crippen molar-refractivity contribution in [1.82, 2.24) is 10.2 Å². The Kier molecular flexibility index (Phi) is 43.9. The van der Waals surface area contributed by atoms with Crippen LogP contribution in [0.3, 0.4) is 0 Å². The molecule has 0 aromatic carbocycles. The highest BCUT2D eigenvalue weighted by Gasteiger charge is 2.27. The monoisotopic (exact) mass is 1110 g/mol. The molecule has 0 saturated heterocycles. The van der Waals surface area contributed by atoms with Crippen LogP contribution in [0.15, 0.2) is 24.3 Å². The van der Waals surface area contributed by atoms with Gasteiger partial charge < -0.3 is 48.1 Å². The standard InChI is InChI=1S/C55H99N2O18P/c1-9-11-13-14-15-16-17-18-19-20-21-23-27-31-50(60)70-44-47(73-51(61)32-28-24-22-25-29-35-69-49(59)30-26-12-10-2)45-72-76(64,65)71-36-33-56-48(58)46-68-41-40-67-39-38-66-37-34-57(42-52(62)74-54(3,4)5)43-53(63)75-55(6,7)8/h10,12,26,30,47H,9,11,13-25,27-29,31-46H2,1-8H3,(H,56,58)(H,64,65)/b12-10+,30-26+. The topological polar surface area (TPSA) is 247 Å². The van der Waals surface area contributed by atoms with Gasteiger partial charge in [-0.25, -0.2) is 9.36 Å². The molecule has 0 aromatic rings. The van der Waals surface area contributed by atoms with E-state index < -0.39 is 74.1 Å². The van der Waals surface area contributed by atoms with E-state index in [0.717, 1.165) is 38.5 Å². The van der Waals surface area contributed by atoms with E-state index in [9.17, 15) is 38.2 Å². The summed E-state index contributed by atoms with van der Waals surface area (Å²) in [6.07, 6.45) is 24.3. The van der Waals surface area contributed by atoms with Gasteiger partial charge >= 0.3 is 37.7 Å². The molecule has 0 aliphatic carbocycles. The lowest BCUT2D eigenvalue weighted by Crippen LogP contribution is -2.41. The van der Waals surface area contributed by atoms with Crippen LogP contribution in [0.5, 0.6) is 0 Å². The Balaban J connectivity index is 4.67. The van der Waals surface area contributed by atoms with E-state index in [1.807, 2.05) is 6.92 Å². The smallest absolute Gasteiger partial charge is 0.463 e. The first-order valence-corrected chi connectivity index (χ1v) is 29.2. The Morgan fingerprint density at radius 3 is 1.61 bits per heavy atom. The predicted molar refractivity (Wildman–Crippen MR) is 289 cm³/mol. The first-order chi connectivity index (χ1) is 36.1. The van der Waals surface area contributed by atoms with E-state index in [-0.39, 0.29) is 85.3 Å². The van der Waals surface area contributed by atoms with Gasteiger partial charge in [0.05, 0.1) is 65.9 Å². The van der Waals surface area contributed by atoms with E-state index in [4.69, 9.17) is 46.9 Å². The highest BCUT2D eigenvalue weighted by atomic mass is 31.2. The summed E-state index contributed by atoms with van der Waals surface area (Å²) in [4.78, 5) is 86.1. The van der Waals surface area contributed by atoms with Gasteiger partial charge in [0, 0.05) is 32.0 Å². The minimum atomic E-state index is -4.69. The first kappa shape index (κ1) is 72.2. The van der Waals surface area contributed by atoms with Crippen molar-refractivity contribution in [2.45, 2.75) is 201 Å². The Hall–Kier alpha value is -3.75. The molecule has 0 spiro atoms. The molecule has 0 aliphatic rings. The molecular weight excluding hydrogens is 1010 g/mol. The quantitative estimate of drug-likeness (QED) is 0.0144. The summed E-state index contributed by atoms with van der Waals surface area (Å²) < 4.78 is 66.1. The summed E-state index contributed by atoms with van der Waals surface area (Å²) in [5.41, 5.74) is -1.35. The van der Waals surface area contributed by atoms with Gasteiger partial charge in [0.15, 0.2) is 6.10 Å². The van der Waals surface area contributed by atoms with Crippen molar-refractivity contribution in [3.63, 3.8) is 0 Å². The molecule has 0 fully saturated rings. The van der Waals surface area contributed by atoms with Crippen molar-refractivity contribution in [3.05, 3.63) is 24.3 Å². The van der Waals surface area contributed by atoms with Gasteiger partial charge in [0.1, 0.15) is 24.4 Å². The molecule has 1 amide bonds. The van der Waals surface area contributed by atoms with Gasteiger partial charge in [0.25, 0.3) is 0 Å². The molecule has 76 heavy (non-hydrogen) atoms. The summed E-state index contributed by atoms with van der Waals surface area (Å²) >= 11 is 0. The fourth-order valence-electron chi connectivity index (χ4n) is 7.02. The van der Waals surface area contributed by atoms with E-state index in [1.165, 1.54) is 63.9 Å². The normalized spacial score (nSPS) is 13.2. The second-order valence-corrected chi connectivity index (χ2v) is 21.9. The molecule has 2 N–H and O–H groups in total. The van der Waals surface area contributed by atoms with Crippen molar-refractivity contribution in [3.8, 4) is 0 Å². The Morgan fingerprint density at radius 1 is 0.566 bits per heavy atom. The largest absolute Gasteiger partial charge is 0.472 e. The number of hydrogen-bond donors (Lipinski definition) is 2. The number of allylic oxidation sites excluding steroid dienone is 3. The van der Waals surface area contributed by atoms with Crippen LogP contribution in [0, 0.1) is 0 Å². The lowest BCUT2D eigenvalue weighted by molar-refractivity contribution is -0.161. The highest BCUT2D eigenvalue weighted by Crippen LogP contribution is 2.43. The maximum Gasteiger partial charge on any atom is 0.472 e. The Labute approximate surface area is 455 Å². The number of ether oxygens (including phenoxy) is 8. The molecule has 2 atom stereocenters. The molecular formula is C55H99N2O18P. The van der Waals surface area contributed by atoms with Gasteiger partial charge in [-0.05, 0) is 67.7 Å². The molecule has 2 unspecified atom stereocenters. The number of unbranched alkanes of at least 4 members (excludes halogenated alkanes) is 16. The molecule has 21 heteroatoms. The van der Waals surface area contributed by atoms with Crippen LogP contribution in [-0.4, -0.2) is 155 Å². The van der Waals surface area contributed by atoms with E-state index in [1.54, 1.807) is 64.7 Å². The average molecular weight is 1110 g/mol. The number of hydrogen-bond acceptors (Lipinski definition) is 18. The van der Waals surface area contributed by atoms with Crippen LogP contribution in [0.25, 0.3) is 0 Å². The number of carbonyl (C=O) groups excluding carboxylic acids is 6. The fourth-order valence-corrected chi connectivity index (χ4v) is 7.77. The third-order valence-electron chi connectivity index (χ3n) is 10.7. The minimum Gasteiger partial charge on any atom is -0.463 e. The second-order valence-electron chi connectivity index (χ2n) is 20.5. The van der Waals surface area contributed by atoms with Crippen molar-refractivity contribution in [2.24, 2.45) is 0 Å².